The standard InChI is InChI=1S/C19H22N6O3S3/c1-23(2)31(27,28)16-7-8-17-14(11-16)5-3-9-24(17)18(26)13-30-19-20-21-22-25(19)12-15-6-4-10-29-15/h4,6-8,10-11H,3,5,9,12-13H2,1-2H3. The first-order valence-corrected chi connectivity index (χ1v) is 12.9. The van der Waals surface area contributed by atoms with Crippen molar-refractivity contribution in [2.45, 2.75) is 29.4 Å². The number of hydrogen-bond acceptors (Lipinski definition) is 8. The Bertz CT molecular complexity index is 1170. The summed E-state index contributed by atoms with van der Waals surface area (Å²) in [6.07, 6.45) is 1.52. The molecule has 0 N–H and O–H groups in total. The SMILES string of the molecule is CN(C)S(=O)(=O)c1ccc2c(c1)CCCN2C(=O)CSc1nnnn1Cc1cccs1. The Morgan fingerprint density at radius 2 is 2.13 bits per heavy atom. The minimum atomic E-state index is -3.51. The summed E-state index contributed by atoms with van der Waals surface area (Å²) in [4.78, 5) is 16.1. The van der Waals surface area contributed by atoms with Crippen molar-refractivity contribution in [2.24, 2.45) is 0 Å². The zero-order valence-electron chi connectivity index (χ0n) is 17.1. The number of nitrogens with zero attached hydrogens (tertiary/aromatic N) is 6. The quantitative estimate of drug-likeness (QED) is 0.479. The second-order valence-corrected chi connectivity index (χ2v) is 11.3. The molecule has 0 saturated carbocycles. The van der Waals surface area contributed by atoms with E-state index in [1.54, 1.807) is 39.1 Å². The Hall–Kier alpha value is -2.28. The number of carbonyl (C=O) groups excluding carboxylic acids is 1. The zero-order chi connectivity index (χ0) is 22.0. The molecule has 31 heavy (non-hydrogen) atoms. The van der Waals surface area contributed by atoms with Gasteiger partial charge in [-0.1, -0.05) is 17.8 Å². The number of benzene rings is 1. The van der Waals surface area contributed by atoms with Gasteiger partial charge in [-0.25, -0.2) is 17.4 Å². The van der Waals surface area contributed by atoms with E-state index in [2.05, 4.69) is 15.5 Å². The molecule has 1 aliphatic rings. The average Bonchev–Trinajstić information content (AvgIpc) is 3.43. The number of tetrazole rings is 1. The van der Waals surface area contributed by atoms with Crippen molar-refractivity contribution in [3.8, 4) is 0 Å². The van der Waals surface area contributed by atoms with Gasteiger partial charge in [0.15, 0.2) is 0 Å². The molecule has 0 unspecified atom stereocenters. The fraction of sp³-hybridized carbons (Fsp3) is 0.368. The van der Waals surface area contributed by atoms with E-state index in [-0.39, 0.29) is 16.6 Å². The number of carbonyl (C=O) groups is 1. The van der Waals surface area contributed by atoms with Crippen LogP contribution in [0, 0.1) is 0 Å². The van der Waals surface area contributed by atoms with Crippen LogP contribution in [0.15, 0.2) is 45.8 Å². The van der Waals surface area contributed by atoms with Gasteiger partial charge in [0, 0.05) is 31.2 Å². The number of aryl methyl sites for hydroxylation is 1. The Kier molecular flexibility index (Phi) is 6.42. The summed E-state index contributed by atoms with van der Waals surface area (Å²) >= 11 is 2.93. The number of thiophene rings is 1. The smallest absolute Gasteiger partial charge is 0.242 e. The van der Waals surface area contributed by atoms with E-state index in [9.17, 15) is 13.2 Å². The number of anilines is 1. The fourth-order valence-corrected chi connectivity index (χ4v) is 5.75. The number of rotatable bonds is 7. The number of sulfonamides is 1. The molecule has 1 aromatic carbocycles. The lowest BCUT2D eigenvalue weighted by atomic mass is 10.0. The highest BCUT2D eigenvalue weighted by atomic mass is 32.2. The number of fused-ring (bicyclic) bond motifs is 1. The molecule has 0 radical (unpaired) electrons. The van der Waals surface area contributed by atoms with Crippen LogP contribution in [0.1, 0.15) is 16.9 Å². The molecular weight excluding hydrogens is 456 g/mol. The predicted octanol–water partition coefficient (Wildman–Crippen LogP) is 2.10. The van der Waals surface area contributed by atoms with Gasteiger partial charge >= 0.3 is 0 Å². The first-order chi connectivity index (χ1) is 14.9. The summed E-state index contributed by atoms with van der Waals surface area (Å²) in [5.74, 6) is 0.141. The second-order valence-electron chi connectivity index (χ2n) is 7.21. The summed E-state index contributed by atoms with van der Waals surface area (Å²) in [5, 5.41) is 14.4. The topological polar surface area (TPSA) is 101 Å². The molecule has 3 aromatic rings. The zero-order valence-corrected chi connectivity index (χ0v) is 19.6. The maximum atomic E-state index is 13.0. The van der Waals surface area contributed by atoms with Crippen LogP contribution >= 0.6 is 23.1 Å². The van der Waals surface area contributed by atoms with Crippen LogP contribution in [0.25, 0.3) is 0 Å². The van der Waals surface area contributed by atoms with E-state index in [0.29, 0.717) is 18.2 Å². The molecule has 0 saturated heterocycles. The summed E-state index contributed by atoms with van der Waals surface area (Å²) in [7, 11) is -0.497. The molecule has 0 atom stereocenters. The lowest BCUT2D eigenvalue weighted by Crippen LogP contribution is -2.37. The fourth-order valence-electron chi connectivity index (χ4n) is 3.36. The summed E-state index contributed by atoms with van der Waals surface area (Å²) in [6, 6.07) is 8.96. The average molecular weight is 479 g/mol. The van der Waals surface area contributed by atoms with Crippen molar-refractivity contribution in [1.82, 2.24) is 24.5 Å². The first-order valence-electron chi connectivity index (χ1n) is 9.63. The normalized spacial score (nSPS) is 14.1. The Morgan fingerprint density at radius 1 is 1.29 bits per heavy atom. The lowest BCUT2D eigenvalue weighted by Gasteiger charge is -2.30. The molecule has 9 nitrogen and oxygen atoms in total. The van der Waals surface area contributed by atoms with Crippen LogP contribution in [-0.4, -0.2) is 65.2 Å². The largest absolute Gasteiger partial charge is 0.311 e. The molecule has 1 amide bonds. The van der Waals surface area contributed by atoms with Gasteiger partial charge in [-0.3, -0.25) is 4.79 Å². The highest BCUT2D eigenvalue weighted by molar-refractivity contribution is 7.99. The first kappa shape index (κ1) is 21.9. The molecule has 0 fully saturated rings. The summed E-state index contributed by atoms with van der Waals surface area (Å²) < 4.78 is 27.7. The number of hydrogen-bond donors (Lipinski definition) is 0. The number of amides is 1. The minimum absolute atomic E-state index is 0.0557. The van der Waals surface area contributed by atoms with Crippen molar-refractivity contribution in [1.29, 1.82) is 0 Å². The van der Waals surface area contributed by atoms with E-state index in [1.165, 1.54) is 30.2 Å². The van der Waals surface area contributed by atoms with Crippen molar-refractivity contribution in [3.05, 3.63) is 46.2 Å². The van der Waals surface area contributed by atoms with Gasteiger partial charge in [-0.15, -0.1) is 16.4 Å². The number of thioether (sulfide) groups is 1. The van der Waals surface area contributed by atoms with E-state index in [1.807, 2.05) is 17.5 Å². The third kappa shape index (κ3) is 4.66. The van der Waals surface area contributed by atoms with Gasteiger partial charge in [0.1, 0.15) is 0 Å². The molecular formula is C19H22N6O3S3. The van der Waals surface area contributed by atoms with Crippen molar-refractivity contribution in [3.63, 3.8) is 0 Å². The maximum absolute atomic E-state index is 13.0. The molecule has 164 valence electrons. The Labute approximate surface area is 189 Å². The third-order valence-electron chi connectivity index (χ3n) is 4.96. The van der Waals surface area contributed by atoms with Crippen LogP contribution in [0.5, 0.6) is 0 Å². The predicted molar refractivity (Wildman–Crippen MR) is 120 cm³/mol. The van der Waals surface area contributed by atoms with E-state index in [4.69, 9.17) is 0 Å². The van der Waals surface area contributed by atoms with Crippen molar-refractivity contribution < 1.29 is 13.2 Å². The number of aromatic nitrogens is 4. The van der Waals surface area contributed by atoms with Gasteiger partial charge in [0.05, 0.1) is 17.2 Å². The molecule has 0 bridgehead atoms. The van der Waals surface area contributed by atoms with Gasteiger partial charge in [-0.05, 0) is 58.5 Å². The van der Waals surface area contributed by atoms with Crippen LogP contribution in [0.4, 0.5) is 5.69 Å². The van der Waals surface area contributed by atoms with Crippen LogP contribution < -0.4 is 4.90 Å². The van der Waals surface area contributed by atoms with Crippen molar-refractivity contribution >= 4 is 44.7 Å². The monoisotopic (exact) mass is 478 g/mol. The van der Waals surface area contributed by atoms with E-state index < -0.39 is 10.0 Å². The van der Waals surface area contributed by atoms with Gasteiger partial charge in [0.25, 0.3) is 0 Å². The molecule has 0 aliphatic carbocycles. The summed E-state index contributed by atoms with van der Waals surface area (Å²) in [6.45, 7) is 1.17. The van der Waals surface area contributed by atoms with Gasteiger partial charge in [0.2, 0.25) is 21.1 Å². The molecule has 4 rings (SSSR count). The second kappa shape index (κ2) is 9.07. The lowest BCUT2D eigenvalue weighted by molar-refractivity contribution is -0.116. The van der Waals surface area contributed by atoms with Gasteiger partial charge < -0.3 is 4.90 Å². The highest BCUT2D eigenvalue weighted by Gasteiger charge is 2.26. The van der Waals surface area contributed by atoms with Gasteiger partial charge in [-0.2, -0.15) is 0 Å². The summed E-state index contributed by atoms with van der Waals surface area (Å²) in [5.41, 5.74) is 1.64. The third-order valence-corrected chi connectivity index (χ3v) is 8.57. The van der Waals surface area contributed by atoms with E-state index in [0.717, 1.165) is 29.0 Å². The van der Waals surface area contributed by atoms with Crippen LogP contribution in [0.3, 0.4) is 0 Å². The molecule has 3 heterocycles. The highest BCUT2D eigenvalue weighted by Crippen LogP contribution is 2.31. The van der Waals surface area contributed by atoms with E-state index >= 15 is 0 Å². The minimum Gasteiger partial charge on any atom is -0.311 e. The van der Waals surface area contributed by atoms with Crippen LogP contribution in [0.2, 0.25) is 0 Å². The molecule has 12 heteroatoms. The van der Waals surface area contributed by atoms with Crippen molar-refractivity contribution in [2.75, 3.05) is 31.3 Å². The maximum Gasteiger partial charge on any atom is 0.242 e. The molecule has 2 aromatic heterocycles. The Morgan fingerprint density at radius 3 is 2.87 bits per heavy atom. The molecule has 1 aliphatic heterocycles. The molecule has 0 spiro atoms. The Balaban J connectivity index is 1.47. The van der Waals surface area contributed by atoms with Crippen LogP contribution in [-0.2, 0) is 27.8 Å².